The normalized spacial score (nSPS) is 17.9. The fourth-order valence-electron chi connectivity index (χ4n) is 4.54. The van der Waals surface area contributed by atoms with Crippen molar-refractivity contribution in [2.75, 3.05) is 42.6 Å². The van der Waals surface area contributed by atoms with Crippen molar-refractivity contribution in [2.45, 2.75) is 25.3 Å². The van der Waals surface area contributed by atoms with Crippen molar-refractivity contribution in [3.8, 4) is 5.88 Å². The lowest BCUT2D eigenvalue weighted by molar-refractivity contribution is -0.124. The molecule has 0 bridgehead atoms. The van der Waals surface area contributed by atoms with Crippen molar-refractivity contribution in [1.82, 2.24) is 20.5 Å². The fraction of sp³-hybridized carbons (Fsp3) is 0.360. The van der Waals surface area contributed by atoms with Gasteiger partial charge >= 0.3 is 0 Å². The molecular weight excluding hydrogens is 416 g/mol. The number of aryl methyl sites for hydroxylation is 1. The number of carbonyl (C=O) groups is 1. The van der Waals surface area contributed by atoms with E-state index in [-0.39, 0.29) is 18.6 Å². The summed E-state index contributed by atoms with van der Waals surface area (Å²) in [7, 11) is 0. The third kappa shape index (κ3) is 5.05. The number of benzene rings is 1. The zero-order chi connectivity index (χ0) is 22.5. The molecule has 5 rings (SSSR count). The average Bonchev–Trinajstić information content (AvgIpc) is 2.89. The van der Waals surface area contributed by atoms with Gasteiger partial charge in [-0.15, -0.1) is 10.2 Å². The second-order valence-corrected chi connectivity index (χ2v) is 8.39. The van der Waals surface area contributed by atoms with Gasteiger partial charge in [0.2, 0.25) is 5.88 Å². The van der Waals surface area contributed by atoms with Gasteiger partial charge in [-0.2, -0.15) is 0 Å². The molecule has 1 aliphatic carbocycles. The molecule has 2 aliphatic rings. The molecule has 8 heteroatoms. The van der Waals surface area contributed by atoms with E-state index >= 15 is 0 Å². The zero-order valence-electron chi connectivity index (χ0n) is 18.6. The molecule has 0 unspecified atom stereocenters. The monoisotopic (exact) mass is 444 g/mol. The van der Waals surface area contributed by atoms with E-state index in [2.05, 4.69) is 48.5 Å². The van der Waals surface area contributed by atoms with Crippen LogP contribution in [0.2, 0.25) is 0 Å². The Morgan fingerprint density at radius 1 is 0.939 bits per heavy atom. The number of hydrogen-bond acceptors (Lipinski definition) is 7. The van der Waals surface area contributed by atoms with Crippen molar-refractivity contribution in [3.05, 3.63) is 71.9 Å². The first-order valence-corrected chi connectivity index (χ1v) is 11.5. The summed E-state index contributed by atoms with van der Waals surface area (Å²) in [5.41, 5.74) is 2.53. The number of aromatic nitrogens is 3. The van der Waals surface area contributed by atoms with E-state index in [0.717, 1.165) is 57.1 Å². The third-order valence-corrected chi connectivity index (χ3v) is 6.26. The van der Waals surface area contributed by atoms with Crippen LogP contribution >= 0.6 is 0 Å². The summed E-state index contributed by atoms with van der Waals surface area (Å²) in [5.74, 6) is 2.02. The largest absolute Gasteiger partial charge is 0.466 e. The summed E-state index contributed by atoms with van der Waals surface area (Å²) in [6.07, 6.45) is 4.91. The highest BCUT2D eigenvalue weighted by molar-refractivity contribution is 5.78. The topological polar surface area (TPSA) is 83.5 Å². The van der Waals surface area contributed by atoms with E-state index in [1.165, 1.54) is 11.1 Å². The van der Waals surface area contributed by atoms with Gasteiger partial charge in [-0.25, -0.2) is 4.98 Å². The van der Waals surface area contributed by atoms with Crippen LogP contribution in [0.25, 0.3) is 0 Å². The van der Waals surface area contributed by atoms with Crippen LogP contribution in [0.1, 0.15) is 30.0 Å². The van der Waals surface area contributed by atoms with E-state index in [4.69, 9.17) is 4.74 Å². The van der Waals surface area contributed by atoms with E-state index in [1.54, 1.807) is 6.07 Å². The number of carbonyl (C=O) groups excluding carboxylic acids is 1. The molecule has 1 N–H and O–H groups in total. The summed E-state index contributed by atoms with van der Waals surface area (Å²) >= 11 is 0. The van der Waals surface area contributed by atoms with Crippen LogP contribution in [0.4, 0.5) is 11.6 Å². The Labute approximate surface area is 193 Å². The Balaban J connectivity index is 1.10. The molecule has 8 nitrogen and oxygen atoms in total. The highest BCUT2D eigenvalue weighted by atomic mass is 16.5. The van der Waals surface area contributed by atoms with E-state index < -0.39 is 0 Å². The van der Waals surface area contributed by atoms with E-state index in [1.807, 2.05) is 36.5 Å². The van der Waals surface area contributed by atoms with Gasteiger partial charge in [-0.1, -0.05) is 30.3 Å². The molecule has 0 spiro atoms. The summed E-state index contributed by atoms with van der Waals surface area (Å²) < 4.78 is 5.59. The smallest absolute Gasteiger partial charge is 0.258 e. The fourth-order valence-corrected chi connectivity index (χ4v) is 4.54. The first-order valence-electron chi connectivity index (χ1n) is 11.5. The Morgan fingerprint density at radius 3 is 2.48 bits per heavy atom. The van der Waals surface area contributed by atoms with Crippen LogP contribution in [0.15, 0.2) is 60.8 Å². The highest BCUT2D eigenvalue weighted by Gasteiger charge is 2.22. The number of fused-ring (bicyclic) bond motifs is 1. The van der Waals surface area contributed by atoms with Crippen LogP contribution in [0.3, 0.4) is 0 Å². The van der Waals surface area contributed by atoms with Crippen molar-refractivity contribution in [1.29, 1.82) is 0 Å². The molecule has 1 amide bonds. The number of amides is 1. The Hall–Kier alpha value is -3.68. The number of rotatable bonds is 6. The van der Waals surface area contributed by atoms with Gasteiger partial charge < -0.3 is 19.9 Å². The second kappa shape index (κ2) is 9.85. The number of nitrogens with zero attached hydrogens (tertiary/aromatic N) is 5. The van der Waals surface area contributed by atoms with Crippen molar-refractivity contribution >= 4 is 17.5 Å². The lowest BCUT2D eigenvalue weighted by Crippen LogP contribution is -2.47. The van der Waals surface area contributed by atoms with Gasteiger partial charge in [0.15, 0.2) is 12.4 Å². The Kier molecular flexibility index (Phi) is 6.32. The maximum absolute atomic E-state index is 12.5. The molecule has 1 aliphatic heterocycles. The number of pyridine rings is 1. The second-order valence-electron chi connectivity index (χ2n) is 8.39. The summed E-state index contributed by atoms with van der Waals surface area (Å²) in [5, 5.41) is 11.6. The molecule has 170 valence electrons. The van der Waals surface area contributed by atoms with E-state index in [9.17, 15) is 4.79 Å². The molecule has 1 atom stereocenters. The molecule has 33 heavy (non-hydrogen) atoms. The van der Waals surface area contributed by atoms with Crippen LogP contribution in [-0.4, -0.2) is 53.9 Å². The van der Waals surface area contributed by atoms with Crippen LogP contribution < -0.4 is 19.9 Å². The molecule has 0 radical (unpaired) electrons. The van der Waals surface area contributed by atoms with Gasteiger partial charge in [-0.05, 0) is 48.6 Å². The van der Waals surface area contributed by atoms with Crippen molar-refractivity contribution in [3.63, 3.8) is 0 Å². The third-order valence-electron chi connectivity index (χ3n) is 6.26. The standard InChI is InChI=1S/C25H28N6O2/c32-24(27-21-9-5-7-19-6-1-2-8-20(19)21)18-33-25-12-11-23(28-29-25)31-16-14-30(15-17-31)22-10-3-4-13-26-22/h1-4,6,8,10-13,21H,5,7,9,14-18H2,(H,27,32)/t21-/m0/s1. The molecule has 1 aromatic carbocycles. The SMILES string of the molecule is O=C(COc1ccc(N2CCN(c3ccccn3)CC2)nn1)N[C@H]1CCCc2ccccc21. The van der Waals surface area contributed by atoms with Gasteiger partial charge in [0, 0.05) is 38.4 Å². The first-order chi connectivity index (χ1) is 16.3. The molecule has 1 fully saturated rings. The predicted molar refractivity (Wildman–Crippen MR) is 126 cm³/mol. The average molecular weight is 445 g/mol. The maximum atomic E-state index is 12.5. The van der Waals surface area contributed by atoms with Crippen LogP contribution in [0, 0.1) is 0 Å². The Bertz CT molecular complexity index is 1070. The molecule has 0 saturated carbocycles. The molecule has 1 saturated heterocycles. The van der Waals surface area contributed by atoms with Crippen LogP contribution in [0.5, 0.6) is 5.88 Å². The number of piperazine rings is 1. The number of ether oxygens (including phenoxy) is 1. The quantitative estimate of drug-likeness (QED) is 0.626. The van der Waals surface area contributed by atoms with Crippen molar-refractivity contribution < 1.29 is 9.53 Å². The van der Waals surface area contributed by atoms with Gasteiger partial charge in [0.25, 0.3) is 5.91 Å². The molecule has 2 aromatic heterocycles. The minimum absolute atomic E-state index is 0.0456. The maximum Gasteiger partial charge on any atom is 0.258 e. The van der Waals surface area contributed by atoms with E-state index in [0.29, 0.717) is 5.88 Å². The predicted octanol–water partition coefficient (Wildman–Crippen LogP) is 2.77. The lowest BCUT2D eigenvalue weighted by Gasteiger charge is -2.35. The first kappa shape index (κ1) is 21.2. The lowest BCUT2D eigenvalue weighted by atomic mass is 9.88. The van der Waals surface area contributed by atoms with Gasteiger partial charge in [0.05, 0.1) is 6.04 Å². The zero-order valence-corrected chi connectivity index (χ0v) is 18.6. The van der Waals surface area contributed by atoms with Gasteiger partial charge in [0.1, 0.15) is 5.82 Å². The summed E-state index contributed by atoms with van der Waals surface area (Å²) in [4.78, 5) is 21.3. The molecular formula is C25H28N6O2. The minimum Gasteiger partial charge on any atom is -0.466 e. The highest BCUT2D eigenvalue weighted by Crippen LogP contribution is 2.29. The Morgan fingerprint density at radius 2 is 1.73 bits per heavy atom. The summed E-state index contributed by atoms with van der Waals surface area (Å²) in [6.45, 7) is 3.37. The number of anilines is 2. The number of nitrogens with one attached hydrogen (secondary N) is 1. The minimum atomic E-state index is -0.145. The number of hydrogen-bond donors (Lipinski definition) is 1. The van der Waals surface area contributed by atoms with Crippen LogP contribution in [-0.2, 0) is 11.2 Å². The van der Waals surface area contributed by atoms with Gasteiger partial charge in [-0.3, -0.25) is 4.79 Å². The van der Waals surface area contributed by atoms with Crippen molar-refractivity contribution in [2.24, 2.45) is 0 Å². The molecule has 3 aromatic rings. The molecule has 3 heterocycles. The summed E-state index contributed by atoms with van der Waals surface area (Å²) in [6, 6.07) is 18.0.